The van der Waals surface area contributed by atoms with Crippen LogP contribution in [-0.2, 0) is 0 Å². The molecule has 2 aliphatic rings. The number of amides is 2. The van der Waals surface area contributed by atoms with Crippen molar-refractivity contribution in [2.75, 3.05) is 31.5 Å². The van der Waals surface area contributed by atoms with E-state index in [9.17, 15) is 4.79 Å². The van der Waals surface area contributed by atoms with Gasteiger partial charge in [-0.25, -0.2) is 4.79 Å². The lowest BCUT2D eigenvalue weighted by atomic mass is 9.94. The first-order valence-electron chi connectivity index (χ1n) is 9.86. The Balaban J connectivity index is 1.30. The van der Waals surface area contributed by atoms with Crippen LogP contribution in [0.5, 0.6) is 0 Å². The van der Waals surface area contributed by atoms with E-state index in [0.29, 0.717) is 0 Å². The van der Waals surface area contributed by atoms with E-state index in [2.05, 4.69) is 25.7 Å². The first-order chi connectivity index (χ1) is 13.2. The summed E-state index contributed by atoms with van der Waals surface area (Å²) < 4.78 is 1.66. The lowest BCUT2D eigenvalue weighted by molar-refractivity contribution is 0.0943. The highest BCUT2D eigenvalue weighted by Crippen LogP contribution is 2.23. The Bertz CT molecular complexity index is 759. The molecule has 144 valence electrons. The van der Waals surface area contributed by atoms with Crippen LogP contribution in [0.4, 0.5) is 10.5 Å². The molecule has 0 radical (unpaired) electrons. The van der Waals surface area contributed by atoms with Crippen LogP contribution in [0.1, 0.15) is 37.9 Å². The van der Waals surface area contributed by atoms with Crippen LogP contribution in [0.2, 0.25) is 0 Å². The van der Waals surface area contributed by atoms with Crippen molar-refractivity contribution in [2.45, 2.75) is 45.1 Å². The smallest absolute Gasteiger partial charge is 0.321 e. The lowest BCUT2D eigenvalue weighted by Crippen LogP contribution is -2.53. The molecule has 0 unspecified atom stereocenters. The van der Waals surface area contributed by atoms with Gasteiger partial charge in [0.2, 0.25) is 0 Å². The molecule has 1 aromatic heterocycles. The van der Waals surface area contributed by atoms with Gasteiger partial charge in [0.1, 0.15) is 0 Å². The summed E-state index contributed by atoms with van der Waals surface area (Å²) in [5.74, 6) is 0.725. The van der Waals surface area contributed by atoms with Crippen LogP contribution in [0.25, 0.3) is 5.69 Å². The average Bonchev–Trinajstić information content (AvgIpc) is 3.15. The zero-order valence-corrected chi connectivity index (χ0v) is 15.8. The van der Waals surface area contributed by atoms with Gasteiger partial charge in [0.15, 0.2) is 5.82 Å². The molecule has 0 bridgehead atoms. The minimum absolute atomic E-state index is 0.0235. The summed E-state index contributed by atoms with van der Waals surface area (Å²) in [5, 5.41) is 14.5. The number of aromatic nitrogens is 4. The highest BCUT2D eigenvalue weighted by molar-refractivity contribution is 5.89. The molecule has 2 amide bonds. The van der Waals surface area contributed by atoms with Crippen LogP contribution < -0.4 is 5.32 Å². The molecule has 1 aliphatic heterocycles. The van der Waals surface area contributed by atoms with Crippen molar-refractivity contribution in [1.82, 2.24) is 30.0 Å². The second-order valence-corrected chi connectivity index (χ2v) is 7.43. The van der Waals surface area contributed by atoms with E-state index in [0.717, 1.165) is 49.4 Å². The summed E-state index contributed by atoms with van der Waals surface area (Å²) >= 11 is 0. The summed E-state index contributed by atoms with van der Waals surface area (Å²) in [6.45, 7) is 5.41. The third kappa shape index (κ3) is 4.10. The van der Waals surface area contributed by atoms with Gasteiger partial charge in [-0.05, 0) is 54.5 Å². The van der Waals surface area contributed by atoms with Gasteiger partial charge in [0, 0.05) is 37.9 Å². The molecule has 0 atom stereocenters. The molecule has 2 aromatic rings. The van der Waals surface area contributed by atoms with Crippen LogP contribution in [0.3, 0.4) is 0 Å². The SMILES string of the molecule is Cc1nnnn1-c1ccc(NC(=O)N2CCN(C3CCCCC3)CC2)cc1. The molecule has 1 saturated carbocycles. The summed E-state index contributed by atoms with van der Waals surface area (Å²) in [4.78, 5) is 17.1. The maximum atomic E-state index is 12.6. The Hall–Kier alpha value is -2.48. The Morgan fingerprint density at radius 2 is 1.74 bits per heavy atom. The van der Waals surface area contributed by atoms with Gasteiger partial charge in [-0.1, -0.05) is 19.3 Å². The predicted molar refractivity (Wildman–Crippen MR) is 103 cm³/mol. The lowest BCUT2D eigenvalue weighted by Gasteiger charge is -2.40. The second-order valence-electron chi connectivity index (χ2n) is 7.43. The van der Waals surface area contributed by atoms with E-state index < -0.39 is 0 Å². The monoisotopic (exact) mass is 369 g/mol. The predicted octanol–water partition coefficient (Wildman–Crippen LogP) is 2.45. The van der Waals surface area contributed by atoms with Crippen LogP contribution in [0, 0.1) is 6.92 Å². The van der Waals surface area contributed by atoms with Crippen molar-refractivity contribution in [3.05, 3.63) is 30.1 Å². The third-order valence-corrected chi connectivity index (χ3v) is 5.68. The largest absolute Gasteiger partial charge is 0.322 e. The molecule has 2 fully saturated rings. The van der Waals surface area contributed by atoms with E-state index in [1.807, 2.05) is 36.1 Å². The molecule has 27 heavy (non-hydrogen) atoms. The Morgan fingerprint density at radius 1 is 1.04 bits per heavy atom. The number of anilines is 1. The number of hydrogen-bond acceptors (Lipinski definition) is 5. The molecule has 4 rings (SSSR count). The van der Waals surface area contributed by atoms with Gasteiger partial charge in [0.25, 0.3) is 0 Å². The summed E-state index contributed by atoms with van der Waals surface area (Å²) in [7, 11) is 0. The Labute approximate surface area is 159 Å². The number of hydrogen-bond donors (Lipinski definition) is 1. The zero-order chi connectivity index (χ0) is 18.6. The van der Waals surface area contributed by atoms with Gasteiger partial charge < -0.3 is 10.2 Å². The average molecular weight is 369 g/mol. The summed E-state index contributed by atoms with van der Waals surface area (Å²) in [5.41, 5.74) is 1.65. The number of piperazine rings is 1. The number of rotatable bonds is 3. The van der Waals surface area contributed by atoms with Crippen LogP contribution in [-0.4, -0.2) is 68.3 Å². The van der Waals surface area contributed by atoms with Crippen molar-refractivity contribution in [3.8, 4) is 5.69 Å². The summed E-state index contributed by atoms with van der Waals surface area (Å²) in [6.07, 6.45) is 6.72. The quantitative estimate of drug-likeness (QED) is 0.899. The number of nitrogens with one attached hydrogen (secondary N) is 1. The number of nitrogens with zero attached hydrogens (tertiary/aromatic N) is 6. The van der Waals surface area contributed by atoms with Crippen molar-refractivity contribution in [1.29, 1.82) is 0 Å². The number of carbonyl (C=O) groups is 1. The fourth-order valence-electron chi connectivity index (χ4n) is 4.10. The minimum atomic E-state index is -0.0235. The molecule has 2 heterocycles. The topological polar surface area (TPSA) is 79.2 Å². The highest BCUT2D eigenvalue weighted by Gasteiger charge is 2.27. The number of urea groups is 1. The first-order valence-corrected chi connectivity index (χ1v) is 9.86. The molecule has 1 N–H and O–H groups in total. The number of benzene rings is 1. The van der Waals surface area contributed by atoms with Gasteiger partial charge in [0.05, 0.1) is 5.69 Å². The van der Waals surface area contributed by atoms with E-state index in [4.69, 9.17) is 0 Å². The van der Waals surface area contributed by atoms with Crippen LogP contribution >= 0.6 is 0 Å². The molecule has 1 aliphatic carbocycles. The maximum Gasteiger partial charge on any atom is 0.321 e. The van der Waals surface area contributed by atoms with Crippen molar-refractivity contribution >= 4 is 11.7 Å². The maximum absolute atomic E-state index is 12.6. The first kappa shape index (κ1) is 17.9. The van der Waals surface area contributed by atoms with E-state index in [1.54, 1.807) is 4.68 Å². The Morgan fingerprint density at radius 3 is 2.37 bits per heavy atom. The molecule has 1 aromatic carbocycles. The van der Waals surface area contributed by atoms with Crippen molar-refractivity contribution < 1.29 is 4.79 Å². The van der Waals surface area contributed by atoms with Gasteiger partial charge in [-0.2, -0.15) is 4.68 Å². The normalized spacial score (nSPS) is 19.2. The molecule has 0 spiro atoms. The summed E-state index contributed by atoms with van der Waals surface area (Å²) in [6, 6.07) is 8.27. The number of carbonyl (C=O) groups excluding carboxylic acids is 1. The van der Waals surface area contributed by atoms with E-state index in [-0.39, 0.29) is 6.03 Å². The molecular formula is C19H27N7O. The van der Waals surface area contributed by atoms with Crippen LogP contribution in [0.15, 0.2) is 24.3 Å². The Kier molecular flexibility index (Phi) is 5.33. The fraction of sp³-hybridized carbons (Fsp3) is 0.579. The molecule has 8 nitrogen and oxygen atoms in total. The highest BCUT2D eigenvalue weighted by atomic mass is 16.2. The van der Waals surface area contributed by atoms with E-state index >= 15 is 0 Å². The van der Waals surface area contributed by atoms with Crippen molar-refractivity contribution in [3.63, 3.8) is 0 Å². The molecular weight excluding hydrogens is 342 g/mol. The standard InChI is InChI=1S/C19H27N7O/c1-15-21-22-23-26(15)18-9-7-16(8-10-18)20-19(27)25-13-11-24(12-14-25)17-5-3-2-4-6-17/h7-10,17H,2-6,11-14H2,1H3,(H,20,27). The van der Waals surface area contributed by atoms with Gasteiger partial charge in [-0.15, -0.1) is 5.10 Å². The van der Waals surface area contributed by atoms with E-state index in [1.165, 1.54) is 32.1 Å². The van der Waals surface area contributed by atoms with Gasteiger partial charge in [-0.3, -0.25) is 4.90 Å². The van der Waals surface area contributed by atoms with Crippen molar-refractivity contribution in [2.24, 2.45) is 0 Å². The number of tetrazole rings is 1. The van der Waals surface area contributed by atoms with Gasteiger partial charge >= 0.3 is 6.03 Å². The second kappa shape index (κ2) is 8.04. The molecule has 1 saturated heterocycles. The zero-order valence-electron chi connectivity index (χ0n) is 15.8. The minimum Gasteiger partial charge on any atom is -0.322 e. The third-order valence-electron chi connectivity index (χ3n) is 5.68. The fourth-order valence-corrected chi connectivity index (χ4v) is 4.10. The molecule has 8 heteroatoms. The number of aryl methyl sites for hydroxylation is 1.